The van der Waals surface area contributed by atoms with Crippen LogP contribution < -0.4 is 4.74 Å². The maximum Gasteiger partial charge on any atom is 0.159 e. The predicted molar refractivity (Wildman–Crippen MR) is 86.2 cm³/mol. The van der Waals surface area contributed by atoms with E-state index in [2.05, 4.69) is 15.9 Å². The standard InChI is InChI=1S/C17H17BrO3/c1-12(19)14-5-8-17(16(18)11-14)21-15-6-3-13(4-7-15)9-10-20-2/h3-8,11H,9-10H2,1-2H3. The molecule has 0 radical (unpaired) electrons. The van der Waals surface area contributed by atoms with Crippen molar-refractivity contribution in [3.8, 4) is 11.5 Å². The Labute approximate surface area is 133 Å². The fraction of sp³-hybridized carbons (Fsp3) is 0.235. The van der Waals surface area contributed by atoms with E-state index >= 15 is 0 Å². The van der Waals surface area contributed by atoms with Crippen LogP contribution in [0.3, 0.4) is 0 Å². The normalized spacial score (nSPS) is 10.4. The van der Waals surface area contributed by atoms with Crippen LogP contribution in [0.15, 0.2) is 46.9 Å². The zero-order chi connectivity index (χ0) is 15.2. The van der Waals surface area contributed by atoms with Crippen LogP contribution in [-0.4, -0.2) is 19.5 Å². The van der Waals surface area contributed by atoms with Gasteiger partial charge in [0.1, 0.15) is 11.5 Å². The fourth-order valence-electron chi connectivity index (χ4n) is 1.87. The first-order chi connectivity index (χ1) is 10.1. The molecule has 0 atom stereocenters. The van der Waals surface area contributed by atoms with Gasteiger partial charge in [-0.1, -0.05) is 12.1 Å². The Hall–Kier alpha value is -1.65. The highest BCUT2D eigenvalue weighted by atomic mass is 79.9. The Balaban J connectivity index is 2.09. The lowest BCUT2D eigenvalue weighted by Crippen LogP contribution is -1.95. The minimum Gasteiger partial charge on any atom is -0.456 e. The number of rotatable bonds is 6. The van der Waals surface area contributed by atoms with Crippen molar-refractivity contribution in [3.05, 3.63) is 58.1 Å². The van der Waals surface area contributed by atoms with Crippen LogP contribution in [0.1, 0.15) is 22.8 Å². The third-order valence-corrected chi connectivity index (χ3v) is 3.70. The molecule has 2 rings (SSSR count). The number of carbonyl (C=O) groups excluding carboxylic acids is 1. The first-order valence-corrected chi connectivity index (χ1v) is 7.45. The second-order valence-corrected chi connectivity index (χ2v) is 5.54. The first-order valence-electron chi connectivity index (χ1n) is 6.66. The van der Waals surface area contributed by atoms with Gasteiger partial charge in [0, 0.05) is 12.7 Å². The molecule has 21 heavy (non-hydrogen) atoms. The number of halogens is 1. The quantitative estimate of drug-likeness (QED) is 0.713. The molecule has 0 saturated heterocycles. The molecule has 0 aliphatic heterocycles. The third kappa shape index (κ3) is 4.41. The molecule has 2 aromatic rings. The van der Waals surface area contributed by atoms with E-state index in [0.29, 0.717) is 17.9 Å². The molecule has 0 spiro atoms. The molecule has 0 heterocycles. The largest absolute Gasteiger partial charge is 0.456 e. The van der Waals surface area contributed by atoms with Gasteiger partial charge in [-0.3, -0.25) is 4.79 Å². The van der Waals surface area contributed by atoms with Crippen molar-refractivity contribution >= 4 is 21.7 Å². The molecule has 0 amide bonds. The van der Waals surface area contributed by atoms with Crippen molar-refractivity contribution in [2.45, 2.75) is 13.3 Å². The molecule has 4 heteroatoms. The van der Waals surface area contributed by atoms with Gasteiger partial charge in [0.2, 0.25) is 0 Å². The van der Waals surface area contributed by atoms with E-state index in [-0.39, 0.29) is 5.78 Å². The molecule has 0 unspecified atom stereocenters. The van der Waals surface area contributed by atoms with Gasteiger partial charge in [-0.15, -0.1) is 0 Å². The average molecular weight is 349 g/mol. The molecule has 0 fully saturated rings. The molecule has 0 aliphatic carbocycles. The molecule has 0 bridgehead atoms. The molecule has 110 valence electrons. The van der Waals surface area contributed by atoms with Gasteiger partial charge in [0.05, 0.1) is 11.1 Å². The average Bonchev–Trinajstić information content (AvgIpc) is 2.48. The number of ketones is 1. The van der Waals surface area contributed by atoms with Gasteiger partial charge in [-0.25, -0.2) is 0 Å². The van der Waals surface area contributed by atoms with Crippen molar-refractivity contribution in [3.63, 3.8) is 0 Å². The van der Waals surface area contributed by atoms with Gasteiger partial charge in [-0.2, -0.15) is 0 Å². The Morgan fingerprint density at radius 1 is 1.14 bits per heavy atom. The lowest BCUT2D eigenvalue weighted by molar-refractivity contribution is 0.101. The Bertz CT molecular complexity index is 620. The highest BCUT2D eigenvalue weighted by molar-refractivity contribution is 9.10. The monoisotopic (exact) mass is 348 g/mol. The summed E-state index contributed by atoms with van der Waals surface area (Å²) in [6.07, 6.45) is 0.883. The predicted octanol–water partition coefficient (Wildman–Crippen LogP) is 4.63. The van der Waals surface area contributed by atoms with E-state index in [4.69, 9.17) is 9.47 Å². The second-order valence-electron chi connectivity index (χ2n) is 4.69. The van der Waals surface area contributed by atoms with Gasteiger partial charge in [0.25, 0.3) is 0 Å². The highest BCUT2D eigenvalue weighted by Gasteiger charge is 2.06. The Kier molecular flexibility index (Phi) is 5.53. The van der Waals surface area contributed by atoms with Crippen LogP contribution >= 0.6 is 15.9 Å². The molecule has 0 N–H and O–H groups in total. The number of hydrogen-bond acceptors (Lipinski definition) is 3. The van der Waals surface area contributed by atoms with E-state index in [0.717, 1.165) is 16.6 Å². The van der Waals surface area contributed by atoms with E-state index in [9.17, 15) is 4.79 Å². The Morgan fingerprint density at radius 2 is 1.86 bits per heavy atom. The maximum absolute atomic E-state index is 11.3. The van der Waals surface area contributed by atoms with Crippen LogP contribution in [0.5, 0.6) is 11.5 Å². The summed E-state index contributed by atoms with van der Waals surface area (Å²) in [4.78, 5) is 11.3. The summed E-state index contributed by atoms with van der Waals surface area (Å²) in [6, 6.07) is 13.2. The molecular weight excluding hydrogens is 332 g/mol. The SMILES string of the molecule is COCCc1ccc(Oc2ccc(C(C)=O)cc2Br)cc1. The lowest BCUT2D eigenvalue weighted by atomic mass is 10.1. The van der Waals surface area contributed by atoms with Crippen LogP contribution in [0.25, 0.3) is 0 Å². The van der Waals surface area contributed by atoms with Crippen molar-refractivity contribution in [2.24, 2.45) is 0 Å². The molecule has 2 aromatic carbocycles. The lowest BCUT2D eigenvalue weighted by Gasteiger charge is -2.09. The topological polar surface area (TPSA) is 35.5 Å². The van der Waals surface area contributed by atoms with Gasteiger partial charge < -0.3 is 9.47 Å². The molecule has 0 aliphatic rings. The van der Waals surface area contributed by atoms with Crippen molar-refractivity contribution in [1.29, 1.82) is 0 Å². The minimum atomic E-state index is 0.0322. The minimum absolute atomic E-state index is 0.0322. The zero-order valence-electron chi connectivity index (χ0n) is 12.1. The van der Waals surface area contributed by atoms with Crippen LogP contribution in [0, 0.1) is 0 Å². The van der Waals surface area contributed by atoms with E-state index < -0.39 is 0 Å². The summed E-state index contributed by atoms with van der Waals surface area (Å²) >= 11 is 3.43. The van der Waals surface area contributed by atoms with E-state index in [1.165, 1.54) is 5.56 Å². The summed E-state index contributed by atoms with van der Waals surface area (Å²) in [5, 5.41) is 0. The van der Waals surface area contributed by atoms with E-state index in [1.54, 1.807) is 32.2 Å². The van der Waals surface area contributed by atoms with Gasteiger partial charge in [0.15, 0.2) is 5.78 Å². The third-order valence-electron chi connectivity index (χ3n) is 3.08. The smallest absolute Gasteiger partial charge is 0.159 e. The summed E-state index contributed by atoms with van der Waals surface area (Å²) in [7, 11) is 1.69. The molecule has 0 aromatic heterocycles. The number of benzene rings is 2. The van der Waals surface area contributed by atoms with Gasteiger partial charge >= 0.3 is 0 Å². The van der Waals surface area contributed by atoms with Crippen molar-refractivity contribution < 1.29 is 14.3 Å². The van der Waals surface area contributed by atoms with Crippen LogP contribution in [0.2, 0.25) is 0 Å². The Morgan fingerprint density at radius 3 is 2.43 bits per heavy atom. The van der Waals surface area contributed by atoms with Crippen molar-refractivity contribution in [1.82, 2.24) is 0 Å². The van der Waals surface area contributed by atoms with Gasteiger partial charge in [-0.05, 0) is 65.2 Å². The first kappa shape index (κ1) is 15.7. The summed E-state index contributed by atoms with van der Waals surface area (Å²) in [5.41, 5.74) is 1.86. The summed E-state index contributed by atoms with van der Waals surface area (Å²) in [6.45, 7) is 2.25. The molecule has 0 saturated carbocycles. The zero-order valence-corrected chi connectivity index (χ0v) is 13.6. The maximum atomic E-state index is 11.3. The number of hydrogen-bond donors (Lipinski definition) is 0. The van der Waals surface area contributed by atoms with Crippen LogP contribution in [0.4, 0.5) is 0 Å². The number of carbonyl (C=O) groups is 1. The fourth-order valence-corrected chi connectivity index (χ4v) is 2.33. The van der Waals surface area contributed by atoms with E-state index in [1.807, 2.05) is 24.3 Å². The second kappa shape index (κ2) is 7.38. The highest BCUT2D eigenvalue weighted by Crippen LogP contribution is 2.30. The number of Topliss-reactive ketones (excluding diaryl/α,β-unsaturated/α-hetero) is 1. The summed E-state index contributed by atoms with van der Waals surface area (Å²) < 4.78 is 11.6. The summed E-state index contributed by atoms with van der Waals surface area (Å²) in [5.74, 6) is 1.47. The molecular formula is C17H17BrO3. The molecule has 3 nitrogen and oxygen atoms in total. The van der Waals surface area contributed by atoms with Crippen molar-refractivity contribution in [2.75, 3.05) is 13.7 Å². The van der Waals surface area contributed by atoms with Crippen LogP contribution in [-0.2, 0) is 11.2 Å². The number of ether oxygens (including phenoxy) is 2. The number of methoxy groups -OCH3 is 1.